The van der Waals surface area contributed by atoms with Crippen molar-refractivity contribution in [1.29, 1.82) is 0 Å². The number of rotatable bonds is 5. The first-order chi connectivity index (χ1) is 15.6. The maximum Gasteiger partial charge on any atom is 0.371 e. The van der Waals surface area contributed by atoms with Crippen LogP contribution < -0.4 is 28.2 Å². The molecule has 0 saturated heterocycles. The molecule has 2 aliphatic heterocycles. The number of amides is 2. The summed E-state index contributed by atoms with van der Waals surface area (Å²) in [5.74, 6) is 2.27. The van der Waals surface area contributed by atoms with Gasteiger partial charge in [-0.1, -0.05) is 18.2 Å². The number of urea groups is 1. The molecule has 5 rings (SSSR count). The smallest absolute Gasteiger partial charge is 0.371 e. The first-order valence-corrected chi connectivity index (χ1v) is 10.9. The minimum Gasteiger partial charge on any atom is -0.587 e. The Morgan fingerprint density at radius 3 is 2.56 bits per heavy atom. The van der Waals surface area contributed by atoms with E-state index in [1.54, 1.807) is 41.3 Å². The number of nitrogens with zero attached hydrogens (tertiary/aromatic N) is 2. The number of benzene rings is 3. The van der Waals surface area contributed by atoms with Crippen LogP contribution in [-0.4, -0.2) is 31.6 Å². The Morgan fingerprint density at radius 1 is 0.969 bits per heavy atom. The Kier molecular flexibility index (Phi) is 5.20. The topological polar surface area (TPSA) is 83.5 Å². The van der Waals surface area contributed by atoms with E-state index in [0.717, 1.165) is 5.56 Å². The maximum absolute atomic E-state index is 13.6. The van der Waals surface area contributed by atoms with Gasteiger partial charge in [0.15, 0.2) is 23.0 Å². The Bertz CT molecular complexity index is 1190. The van der Waals surface area contributed by atoms with Crippen molar-refractivity contribution in [2.75, 3.05) is 30.2 Å². The van der Waals surface area contributed by atoms with Gasteiger partial charge in [0.2, 0.25) is 11.7 Å². The van der Waals surface area contributed by atoms with E-state index < -0.39 is 17.4 Å². The average molecular weight is 452 g/mol. The van der Waals surface area contributed by atoms with Crippen LogP contribution in [0.4, 0.5) is 16.2 Å². The molecule has 1 atom stereocenters. The number of hydrogen-bond donors (Lipinski definition) is 0. The summed E-state index contributed by atoms with van der Waals surface area (Å²) < 4.78 is 36.2. The van der Waals surface area contributed by atoms with Crippen LogP contribution in [0.3, 0.4) is 0 Å². The number of fused-ring (bicyclic) bond motifs is 2. The van der Waals surface area contributed by atoms with E-state index in [1.165, 1.54) is 18.5 Å². The molecule has 1 unspecified atom stereocenters. The lowest BCUT2D eigenvalue weighted by atomic mass is 10.1. The summed E-state index contributed by atoms with van der Waals surface area (Å²) in [7, 11) is 3.04. The normalized spacial score (nSPS) is 16.7. The third kappa shape index (κ3) is 3.35. The lowest BCUT2D eigenvalue weighted by molar-refractivity contribution is 0.174. The molecule has 0 spiro atoms. The van der Waals surface area contributed by atoms with Gasteiger partial charge in [0.25, 0.3) is 0 Å². The summed E-state index contributed by atoms with van der Waals surface area (Å²) in [6.45, 7) is 0.448. The Hall–Kier alpha value is -3.56. The number of methoxy groups -OCH3 is 2. The fourth-order valence-electron chi connectivity index (χ4n) is 3.74. The van der Waals surface area contributed by atoms with Crippen molar-refractivity contribution in [3.8, 4) is 23.0 Å². The third-order valence-corrected chi connectivity index (χ3v) is 6.71. The third-order valence-electron chi connectivity index (χ3n) is 5.29. The SMILES string of the molecule is COc1ccc(N2C(=O)N(Cc3ccc4c(c3)OCO4)c3ccccc3[S+]2[O-])cc1OC. The van der Waals surface area contributed by atoms with E-state index in [1.807, 2.05) is 24.3 Å². The van der Waals surface area contributed by atoms with Gasteiger partial charge in [0.05, 0.1) is 20.8 Å². The van der Waals surface area contributed by atoms with E-state index in [4.69, 9.17) is 18.9 Å². The Labute approximate surface area is 188 Å². The van der Waals surface area contributed by atoms with Crippen molar-refractivity contribution >= 4 is 28.8 Å². The van der Waals surface area contributed by atoms with Crippen molar-refractivity contribution in [3.05, 3.63) is 66.2 Å². The lowest BCUT2D eigenvalue weighted by Crippen LogP contribution is -2.50. The van der Waals surface area contributed by atoms with Gasteiger partial charge < -0.3 is 23.5 Å². The highest BCUT2D eigenvalue weighted by Crippen LogP contribution is 2.41. The van der Waals surface area contributed by atoms with Crippen LogP contribution in [0.25, 0.3) is 0 Å². The van der Waals surface area contributed by atoms with Gasteiger partial charge in [0.1, 0.15) is 22.7 Å². The van der Waals surface area contributed by atoms with E-state index in [0.29, 0.717) is 39.3 Å². The molecule has 0 bridgehead atoms. The average Bonchev–Trinajstić information content (AvgIpc) is 3.29. The minimum atomic E-state index is -1.73. The minimum absolute atomic E-state index is 0.177. The van der Waals surface area contributed by atoms with E-state index >= 15 is 0 Å². The number of carbonyl (C=O) groups is 1. The predicted octanol–water partition coefficient (Wildman–Crippen LogP) is 4.10. The van der Waals surface area contributed by atoms with Crippen LogP contribution in [0.1, 0.15) is 5.56 Å². The van der Waals surface area contributed by atoms with Crippen LogP contribution >= 0.6 is 0 Å². The molecule has 2 aliphatic rings. The Morgan fingerprint density at radius 2 is 1.75 bits per heavy atom. The van der Waals surface area contributed by atoms with Gasteiger partial charge in [0, 0.05) is 6.07 Å². The molecule has 0 saturated carbocycles. The van der Waals surface area contributed by atoms with E-state index in [-0.39, 0.29) is 13.3 Å². The number of hydrogen-bond acceptors (Lipinski definition) is 6. The number of ether oxygens (including phenoxy) is 4. The van der Waals surface area contributed by atoms with Crippen LogP contribution in [0, 0.1) is 0 Å². The molecule has 3 aromatic rings. The molecule has 0 aliphatic carbocycles. The number of carbonyl (C=O) groups excluding carboxylic acids is 1. The first-order valence-electron chi connectivity index (χ1n) is 9.84. The zero-order valence-electron chi connectivity index (χ0n) is 17.4. The van der Waals surface area contributed by atoms with Gasteiger partial charge in [-0.3, -0.25) is 4.90 Å². The molecule has 32 heavy (non-hydrogen) atoms. The Balaban J connectivity index is 1.55. The summed E-state index contributed by atoms with van der Waals surface area (Å²) in [5, 5.41) is 0. The predicted molar refractivity (Wildman–Crippen MR) is 119 cm³/mol. The molecular weight excluding hydrogens is 432 g/mol. The molecule has 3 aromatic carbocycles. The van der Waals surface area contributed by atoms with E-state index in [9.17, 15) is 9.35 Å². The summed E-state index contributed by atoms with van der Waals surface area (Å²) in [6.07, 6.45) is 0. The molecule has 2 amide bonds. The van der Waals surface area contributed by atoms with Crippen LogP contribution in [0.5, 0.6) is 23.0 Å². The fraction of sp³-hybridized carbons (Fsp3) is 0.174. The number of anilines is 2. The molecule has 0 N–H and O–H groups in total. The molecule has 164 valence electrons. The summed E-state index contributed by atoms with van der Waals surface area (Å²) in [5.41, 5.74) is 1.90. The van der Waals surface area contributed by atoms with Crippen molar-refractivity contribution in [2.24, 2.45) is 0 Å². The van der Waals surface area contributed by atoms with Crippen molar-refractivity contribution in [3.63, 3.8) is 0 Å². The molecule has 0 fully saturated rings. The van der Waals surface area contributed by atoms with E-state index in [2.05, 4.69) is 0 Å². The van der Waals surface area contributed by atoms with Crippen LogP contribution in [-0.2, 0) is 17.9 Å². The highest BCUT2D eigenvalue weighted by atomic mass is 32.2. The highest BCUT2D eigenvalue weighted by molar-refractivity contribution is 7.94. The summed E-state index contributed by atoms with van der Waals surface area (Å²) in [4.78, 5) is 15.8. The maximum atomic E-state index is 13.6. The molecule has 0 aromatic heterocycles. The largest absolute Gasteiger partial charge is 0.587 e. The van der Waals surface area contributed by atoms with Crippen molar-refractivity contribution < 1.29 is 28.3 Å². The monoisotopic (exact) mass is 452 g/mol. The molecule has 9 heteroatoms. The zero-order chi connectivity index (χ0) is 22.2. The first kappa shape index (κ1) is 20.3. The summed E-state index contributed by atoms with van der Waals surface area (Å²) >= 11 is -1.73. The molecule has 2 heterocycles. The van der Waals surface area contributed by atoms with Gasteiger partial charge in [-0.25, -0.2) is 4.79 Å². The second-order valence-corrected chi connectivity index (χ2v) is 8.41. The van der Waals surface area contributed by atoms with Gasteiger partial charge in [-0.2, -0.15) is 0 Å². The highest BCUT2D eigenvalue weighted by Gasteiger charge is 2.43. The molecule has 0 radical (unpaired) electrons. The van der Waals surface area contributed by atoms with Gasteiger partial charge in [-0.05, 0) is 42.0 Å². The second kappa shape index (κ2) is 8.18. The standard InChI is InChI=1S/C23H20N2O6S/c1-28-18-10-8-16(12-20(18)29-2)25-23(26)24(17-5-3-4-6-22(17)32(25)27)13-15-7-9-19-21(11-15)31-14-30-19/h3-12H,13-14H2,1-2H3. The van der Waals surface area contributed by atoms with Crippen molar-refractivity contribution in [1.82, 2.24) is 0 Å². The van der Waals surface area contributed by atoms with Crippen LogP contribution in [0.2, 0.25) is 0 Å². The molecular formula is C23H20N2O6S. The lowest BCUT2D eigenvalue weighted by Gasteiger charge is -2.36. The van der Waals surface area contributed by atoms with Gasteiger partial charge in [-0.15, -0.1) is 4.31 Å². The quantitative estimate of drug-likeness (QED) is 0.542. The van der Waals surface area contributed by atoms with Crippen molar-refractivity contribution in [2.45, 2.75) is 11.4 Å². The summed E-state index contributed by atoms with van der Waals surface area (Å²) in [6, 6.07) is 17.3. The molecule has 8 nitrogen and oxygen atoms in total. The number of para-hydroxylation sites is 1. The zero-order valence-corrected chi connectivity index (χ0v) is 18.3. The second-order valence-electron chi connectivity index (χ2n) is 7.11. The fourth-order valence-corrected chi connectivity index (χ4v) is 5.04. The van der Waals surface area contributed by atoms with Crippen LogP contribution in [0.15, 0.2) is 65.6 Å². The van der Waals surface area contributed by atoms with Gasteiger partial charge >= 0.3 is 6.03 Å².